The number of aromatic nitrogens is 5. The van der Waals surface area contributed by atoms with Crippen molar-refractivity contribution in [1.82, 2.24) is 30.0 Å². The zero-order chi connectivity index (χ0) is 14.2. The van der Waals surface area contributed by atoms with Crippen LogP contribution in [0.4, 0.5) is 0 Å². The average molecular weight is 286 g/mol. The zero-order valence-corrected chi connectivity index (χ0v) is 11.7. The van der Waals surface area contributed by atoms with Gasteiger partial charge in [0.1, 0.15) is 5.82 Å². The van der Waals surface area contributed by atoms with Crippen molar-refractivity contribution in [2.45, 2.75) is 50.1 Å². The van der Waals surface area contributed by atoms with E-state index in [0.29, 0.717) is 5.92 Å². The van der Waals surface area contributed by atoms with Crippen molar-refractivity contribution in [2.75, 3.05) is 0 Å². The number of carbonyl (C=O) groups excluding carboxylic acids is 1. The van der Waals surface area contributed by atoms with Crippen molar-refractivity contribution in [2.24, 2.45) is 0 Å². The Hall–Kier alpha value is -2.18. The molecule has 0 radical (unpaired) electrons. The van der Waals surface area contributed by atoms with Gasteiger partial charge in [0, 0.05) is 18.3 Å². The summed E-state index contributed by atoms with van der Waals surface area (Å²) in [7, 11) is 0. The van der Waals surface area contributed by atoms with Crippen molar-refractivity contribution in [3.05, 3.63) is 30.4 Å². The van der Waals surface area contributed by atoms with Gasteiger partial charge in [-0.1, -0.05) is 0 Å². The predicted molar refractivity (Wildman–Crippen MR) is 74.7 cm³/mol. The Balaban J connectivity index is 1.45. The fraction of sp³-hybridized carbons (Fsp3) is 0.571. The molecule has 0 spiro atoms. The summed E-state index contributed by atoms with van der Waals surface area (Å²) in [5.41, 5.74) is 0. The largest absolute Gasteiger partial charge is 0.344 e. The van der Waals surface area contributed by atoms with Gasteiger partial charge < -0.3 is 9.88 Å². The molecule has 2 aliphatic carbocycles. The molecule has 2 fully saturated rings. The molecular weight excluding hydrogens is 268 g/mol. The number of amides is 1. The fourth-order valence-corrected chi connectivity index (χ4v) is 3.08. The van der Waals surface area contributed by atoms with E-state index in [1.54, 1.807) is 6.20 Å². The summed E-state index contributed by atoms with van der Waals surface area (Å²) in [6, 6.07) is 0.396. The van der Waals surface area contributed by atoms with E-state index in [1.165, 1.54) is 0 Å². The third-order valence-electron chi connectivity index (χ3n) is 4.37. The number of imidazole rings is 1. The molecule has 2 atom stereocenters. The molecule has 2 aromatic heterocycles. The number of rotatable bonds is 4. The average Bonchev–Trinajstić information content (AvgIpc) is 2.95. The van der Waals surface area contributed by atoms with Gasteiger partial charge in [0.2, 0.25) is 5.82 Å². The molecule has 2 heterocycles. The van der Waals surface area contributed by atoms with E-state index >= 15 is 0 Å². The maximum atomic E-state index is 12.3. The van der Waals surface area contributed by atoms with Gasteiger partial charge >= 0.3 is 0 Å². The topological polar surface area (TPSA) is 88.5 Å². The lowest BCUT2D eigenvalue weighted by Gasteiger charge is -2.21. The third kappa shape index (κ3) is 2.43. The molecule has 0 aromatic carbocycles. The smallest absolute Gasteiger partial charge is 0.291 e. The Bertz CT molecular complexity index is 630. The maximum absolute atomic E-state index is 12.3. The molecule has 0 saturated heterocycles. The van der Waals surface area contributed by atoms with Crippen molar-refractivity contribution in [3.8, 4) is 0 Å². The summed E-state index contributed by atoms with van der Waals surface area (Å²) in [4.78, 5) is 20.7. The Morgan fingerprint density at radius 1 is 1.33 bits per heavy atom. The van der Waals surface area contributed by atoms with Gasteiger partial charge in [-0.2, -0.15) is 0 Å². The molecule has 1 amide bonds. The number of hydrogen-bond acceptors (Lipinski definition) is 4. The molecule has 2 saturated carbocycles. The van der Waals surface area contributed by atoms with E-state index in [9.17, 15) is 4.79 Å². The van der Waals surface area contributed by atoms with Crippen LogP contribution in [0.5, 0.6) is 0 Å². The van der Waals surface area contributed by atoms with Crippen molar-refractivity contribution < 1.29 is 4.79 Å². The standard InChI is InChI=1S/C14H18N6O/c21-14(13-17-12(18-19-13)9-4-5-9)16-10-2-1-3-11(10)20-7-6-15-8-20/h6-11H,1-5H2,(H,16,21)(H,17,18,19). The van der Waals surface area contributed by atoms with E-state index in [1.807, 2.05) is 12.5 Å². The SMILES string of the molecule is O=C(NC1CCCC1n1ccnc1)c1n[nH]c(C2CC2)n1. The van der Waals surface area contributed by atoms with Crippen molar-refractivity contribution in [1.29, 1.82) is 0 Å². The number of hydrogen-bond donors (Lipinski definition) is 2. The molecule has 0 aliphatic heterocycles. The normalized spacial score (nSPS) is 25.1. The molecule has 7 heteroatoms. The first-order valence-corrected chi connectivity index (χ1v) is 7.52. The summed E-state index contributed by atoms with van der Waals surface area (Å²) >= 11 is 0. The number of carbonyl (C=O) groups is 1. The maximum Gasteiger partial charge on any atom is 0.291 e. The lowest BCUT2D eigenvalue weighted by molar-refractivity contribution is 0.0918. The second-order valence-electron chi connectivity index (χ2n) is 5.91. The van der Waals surface area contributed by atoms with Crippen LogP contribution in [0.2, 0.25) is 0 Å². The summed E-state index contributed by atoms with van der Waals surface area (Å²) in [6.45, 7) is 0. The number of nitrogens with one attached hydrogen (secondary N) is 2. The van der Waals surface area contributed by atoms with Crippen LogP contribution in [0.15, 0.2) is 18.7 Å². The Morgan fingerprint density at radius 3 is 3.00 bits per heavy atom. The number of H-pyrrole nitrogens is 1. The molecule has 110 valence electrons. The minimum absolute atomic E-state index is 0.120. The molecule has 0 bridgehead atoms. The highest BCUT2D eigenvalue weighted by molar-refractivity contribution is 5.90. The van der Waals surface area contributed by atoms with E-state index in [0.717, 1.165) is 37.9 Å². The third-order valence-corrected chi connectivity index (χ3v) is 4.37. The van der Waals surface area contributed by atoms with Gasteiger partial charge in [0.15, 0.2) is 0 Å². The van der Waals surface area contributed by atoms with Crippen LogP contribution < -0.4 is 5.32 Å². The molecule has 2 aromatic rings. The lowest BCUT2D eigenvalue weighted by atomic mass is 10.1. The first-order valence-electron chi connectivity index (χ1n) is 7.52. The van der Waals surface area contributed by atoms with Crippen molar-refractivity contribution in [3.63, 3.8) is 0 Å². The second kappa shape index (κ2) is 4.98. The highest BCUT2D eigenvalue weighted by Gasteiger charge is 2.32. The first-order chi connectivity index (χ1) is 10.3. The van der Waals surface area contributed by atoms with Crippen LogP contribution >= 0.6 is 0 Å². The fourth-order valence-electron chi connectivity index (χ4n) is 3.08. The Morgan fingerprint density at radius 2 is 2.24 bits per heavy atom. The van der Waals surface area contributed by atoms with Crippen LogP contribution in [-0.2, 0) is 0 Å². The van der Waals surface area contributed by atoms with Crippen LogP contribution in [0.25, 0.3) is 0 Å². The van der Waals surface area contributed by atoms with Gasteiger partial charge in [0.05, 0.1) is 18.4 Å². The van der Waals surface area contributed by atoms with Gasteiger partial charge in [-0.05, 0) is 32.1 Å². The van der Waals surface area contributed by atoms with Crippen LogP contribution in [0.1, 0.15) is 60.5 Å². The highest BCUT2D eigenvalue weighted by Crippen LogP contribution is 2.37. The summed E-state index contributed by atoms with van der Waals surface area (Å²) in [5, 5.41) is 9.99. The molecular formula is C14H18N6O. The monoisotopic (exact) mass is 286 g/mol. The molecule has 21 heavy (non-hydrogen) atoms. The van der Waals surface area contributed by atoms with Gasteiger partial charge in [-0.25, -0.2) is 9.97 Å². The molecule has 2 aliphatic rings. The minimum Gasteiger partial charge on any atom is -0.344 e. The number of aromatic amines is 1. The van der Waals surface area contributed by atoms with Crippen LogP contribution in [0.3, 0.4) is 0 Å². The van der Waals surface area contributed by atoms with E-state index < -0.39 is 0 Å². The summed E-state index contributed by atoms with van der Waals surface area (Å²) in [6.07, 6.45) is 11.0. The van der Waals surface area contributed by atoms with Crippen LogP contribution in [-0.4, -0.2) is 36.7 Å². The predicted octanol–water partition coefficient (Wildman–Crippen LogP) is 1.40. The van der Waals surface area contributed by atoms with E-state index in [4.69, 9.17) is 0 Å². The Labute approximate surface area is 122 Å². The summed E-state index contributed by atoms with van der Waals surface area (Å²) < 4.78 is 2.07. The summed E-state index contributed by atoms with van der Waals surface area (Å²) in [5.74, 6) is 1.39. The molecule has 4 rings (SSSR count). The van der Waals surface area contributed by atoms with Crippen molar-refractivity contribution >= 4 is 5.91 Å². The van der Waals surface area contributed by atoms with E-state index in [-0.39, 0.29) is 23.8 Å². The quantitative estimate of drug-likeness (QED) is 0.889. The second-order valence-corrected chi connectivity index (χ2v) is 5.91. The minimum atomic E-state index is -0.185. The molecule has 7 nitrogen and oxygen atoms in total. The zero-order valence-electron chi connectivity index (χ0n) is 11.7. The highest BCUT2D eigenvalue weighted by atomic mass is 16.2. The lowest BCUT2D eigenvalue weighted by Crippen LogP contribution is -2.38. The van der Waals surface area contributed by atoms with Gasteiger partial charge in [0.25, 0.3) is 5.91 Å². The molecule has 2 N–H and O–H groups in total. The van der Waals surface area contributed by atoms with Gasteiger partial charge in [-0.3, -0.25) is 9.89 Å². The van der Waals surface area contributed by atoms with E-state index in [2.05, 4.69) is 30.0 Å². The number of nitrogens with zero attached hydrogens (tertiary/aromatic N) is 4. The van der Waals surface area contributed by atoms with Crippen LogP contribution in [0, 0.1) is 0 Å². The Kier molecular flexibility index (Phi) is 2.98. The van der Waals surface area contributed by atoms with Gasteiger partial charge in [-0.15, -0.1) is 5.10 Å². The molecule has 2 unspecified atom stereocenters. The first kappa shape index (κ1) is 12.6.